The van der Waals surface area contributed by atoms with E-state index in [0.717, 1.165) is 9.64 Å². The summed E-state index contributed by atoms with van der Waals surface area (Å²) in [5.41, 5.74) is 6.21. The van der Waals surface area contributed by atoms with Crippen molar-refractivity contribution in [2.45, 2.75) is 13.0 Å². The molecule has 0 spiro atoms. The first-order valence-electron chi connectivity index (χ1n) is 5.53. The summed E-state index contributed by atoms with van der Waals surface area (Å²) >= 11 is 2.11. The highest BCUT2D eigenvalue weighted by atomic mass is 127. The Bertz CT molecular complexity index is 614. The van der Waals surface area contributed by atoms with Crippen molar-refractivity contribution in [1.29, 1.82) is 0 Å². The van der Waals surface area contributed by atoms with Crippen LogP contribution in [0.2, 0.25) is 0 Å². The first-order chi connectivity index (χ1) is 8.97. The van der Waals surface area contributed by atoms with Crippen molar-refractivity contribution in [3.05, 3.63) is 40.0 Å². The highest BCUT2D eigenvalue weighted by Gasteiger charge is 2.16. The molecule has 1 aromatic heterocycles. The fourth-order valence-electron chi connectivity index (χ4n) is 1.53. The van der Waals surface area contributed by atoms with Crippen LogP contribution in [0.5, 0.6) is 0 Å². The standard InChI is InChI=1S/C12H12FIN4O/c1-7(18-6-9(14)5-16-18)12(19)17-11-3-2-8(13)4-10(11)15/h2-7H,15H2,1H3,(H,17,19). The number of benzene rings is 1. The minimum absolute atomic E-state index is 0.190. The highest BCUT2D eigenvalue weighted by molar-refractivity contribution is 14.1. The smallest absolute Gasteiger partial charge is 0.249 e. The Morgan fingerprint density at radius 3 is 2.89 bits per heavy atom. The quantitative estimate of drug-likeness (QED) is 0.640. The summed E-state index contributed by atoms with van der Waals surface area (Å²) < 4.78 is 15.4. The normalized spacial score (nSPS) is 12.2. The summed E-state index contributed by atoms with van der Waals surface area (Å²) in [4.78, 5) is 12.0. The monoisotopic (exact) mass is 374 g/mol. The van der Waals surface area contributed by atoms with Crippen LogP contribution in [0.25, 0.3) is 0 Å². The number of halogens is 2. The number of hydrogen-bond acceptors (Lipinski definition) is 3. The van der Waals surface area contributed by atoms with E-state index in [4.69, 9.17) is 5.73 Å². The third kappa shape index (κ3) is 3.22. The Kier molecular flexibility index (Phi) is 4.03. The van der Waals surface area contributed by atoms with E-state index in [-0.39, 0.29) is 11.6 Å². The van der Waals surface area contributed by atoms with Gasteiger partial charge in [0.05, 0.1) is 21.1 Å². The van der Waals surface area contributed by atoms with E-state index in [1.807, 2.05) is 0 Å². The van der Waals surface area contributed by atoms with Gasteiger partial charge in [0.1, 0.15) is 11.9 Å². The van der Waals surface area contributed by atoms with E-state index in [0.29, 0.717) is 5.69 Å². The van der Waals surface area contributed by atoms with E-state index < -0.39 is 11.9 Å². The average molecular weight is 374 g/mol. The molecule has 2 rings (SSSR count). The van der Waals surface area contributed by atoms with Crippen molar-refractivity contribution < 1.29 is 9.18 Å². The number of anilines is 2. The predicted octanol–water partition coefficient (Wildman–Crippen LogP) is 2.41. The number of aromatic nitrogens is 2. The molecule has 2 aromatic rings. The zero-order valence-electron chi connectivity index (χ0n) is 10.1. The molecular formula is C12H12FIN4O. The largest absolute Gasteiger partial charge is 0.397 e. The number of hydrogen-bond donors (Lipinski definition) is 2. The van der Waals surface area contributed by atoms with Crippen LogP contribution in [-0.4, -0.2) is 15.7 Å². The second-order valence-corrected chi connectivity index (χ2v) is 5.28. The first kappa shape index (κ1) is 13.8. The molecular weight excluding hydrogens is 362 g/mol. The highest BCUT2D eigenvalue weighted by Crippen LogP contribution is 2.20. The van der Waals surface area contributed by atoms with E-state index >= 15 is 0 Å². The molecule has 7 heteroatoms. The van der Waals surface area contributed by atoms with E-state index in [2.05, 4.69) is 33.0 Å². The molecule has 1 heterocycles. The molecule has 100 valence electrons. The molecule has 0 fully saturated rings. The third-order valence-electron chi connectivity index (χ3n) is 2.62. The van der Waals surface area contributed by atoms with Gasteiger partial charge in [-0.2, -0.15) is 5.10 Å². The summed E-state index contributed by atoms with van der Waals surface area (Å²) in [6, 6.07) is 3.36. The maximum atomic E-state index is 12.9. The van der Waals surface area contributed by atoms with Gasteiger partial charge in [0.15, 0.2) is 0 Å². The molecule has 1 amide bonds. The van der Waals surface area contributed by atoms with Crippen LogP contribution in [-0.2, 0) is 4.79 Å². The van der Waals surface area contributed by atoms with Crippen LogP contribution in [0, 0.1) is 9.39 Å². The van der Waals surface area contributed by atoms with Gasteiger partial charge in [-0.3, -0.25) is 9.48 Å². The van der Waals surface area contributed by atoms with Crippen LogP contribution in [0.4, 0.5) is 15.8 Å². The van der Waals surface area contributed by atoms with Crippen molar-refractivity contribution in [3.8, 4) is 0 Å². The number of nitrogens with zero attached hydrogens (tertiary/aromatic N) is 2. The zero-order valence-corrected chi connectivity index (χ0v) is 12.3. The van der Waals surface area contributed by atoms with Crippen LogP contribution in [0.3, 0.4) is 0 Å². The lowest BCUT2D eigenvalue weighted by Gasteiger charge is -2.13. The molecule has 1 atom stereocenters. The van der Waals surface area contributed by atoms with Gasteiger partial charge >= 0.3 is 0 Å². The summed E-state index contributed by atoms with van der Waals surface area (Å²) in [7, 11) is 0. The summed E-state index contributed by atoms with van der Waals surface area (Å²) in [5.74, 6) is -0.706. The van der Waals surface area contributed by atoms with E-state index in [9.17, 15) is 9.18 Å². The number of nitrogens with one attached hydrogen (secondary N) is 1. The van der Waals surface area contributed by atoms with Gasteiger partial charge in [0.2, 0.25) is 5.91 Å². The Morgan fingerprint density at radius 2 is 2.32 bits per heavy atom. The maximum Gasteiger partial charge on any atom is 0.249 e. The van der Waals surface area contributed by atoms with Gasteiger partial charge in [-0.25, -0.2) is 4.39 Å². The Morgan fingerprint density at radius 1 is 1.58 bits per heavy atom. The van der Waals surface area contributed by atoms with Crippen LogP contribution < -0.4 is 11.1 Å². The Hall–Kier alpha value is -1.64. The summed E-state index contributed by atoms with van der Waals surface area (Å²) in [5, 5.41) is 6.72. The summed E-state index contributed by atoms with van der Waals surface area (Å²) in [6.45, 7) is 1.72. The van der Waals surface area contributed by atoms with Crippen molar-refractivity contribution in [1.82, 2.24) is 9.78 Å². The second-order valence-electron chi connectivity index (χ2n) is 4.04. The molecule has 1 aromatic carbocycles. The lowest BCUT2D eigenvalue weighted by atomic mass is 10.2. The third-order valence-corrected chi connectivity index (χ3v) is 3.17. The molecule has 1 unspecified atom stereocenters. The molecule has 19 heavy (non-hydrogen) atoms. The molecule has 0 saturated heterocycles. The molecule has 5 nitrogen and oxygen atoms in total. The fourth-order valence-corrected chi connectivity index (χ4v) is 1.94. The number of rotatable bonds is 3. The number of carbonyl (C=O) groups excluding carboxylic acids is 1. The topological polar surface area (TPSA) is 72.9 Å². The number of amides is 1. The van der Waals surface area contributed by atoms with Gasteiger partial charge in [-0.1, -0.05) is 0 Å². The van der Waals surface area contributed by atoms with Crippen LogP contribution in [0.15, 0.2) is 30.6 Å². The fraction of sp³-hybridized carbons (Fsp3) is 0.167. The predicted molar refractivity (Wildman–Crippen MR) is 79.1 cm³/mol. The molecule has 0 aliphatic heterocycles. The average Bonchev–Trinajstić information content (AvgIpc) is 2.78. The molecule has 0 bridgehead atoms. The number of nitrogen functional groups attached to an aromatic ring is 1. The van der Waals surface area contributed by atoms with Crippen LogP contribution in [0.1, 0.15) is 13.0 Å². The summed E-state index contributed by atoms with van der Waals surface area (Å²) in [6.07, 6.45) is 3.43. The Balaban J connectivity index is 2.12. The van der Waals surface area contributed by atoms with Crippen molar-refractivity contribution in [2.75, 3.05) is 11.1 Å². The van der Waals surface area contributed by atoms with Crippen molar-refractivity contribution in [2.24, 2.45) is 0 Å². The lowest BCUT2D eigenvalue weighted by Crippen LogP contribution is -2.24. The minimum atomic E-state index is -0.479. The van der Waals surface area contributed by atoms with Gasteiger partial charge in [-0.05, 0) is 47.7 Å². The lowest BCUT2D eigenvalue weighted by molar-refractivity contribution is -0.119. The molecule has 0 aliphatic rings. The molecule has 0 aliphatic carbocycles. The maximum absolute atomic E-state index is 12.9. The minimum Gasteiger partial charge on any atom is -0.397 e. The van der Waals surface area contributed by atoms with Gasteiger partial charge < -0.3 is 11.1 Å². The van der Waals surface area contributed by atoms with E-state index in [1.165, 1.54) is 12.1 Å². The zero-order chi connectivity index (χ0) is 14.0. The first-order valence-corrected chi connectivity index (χ1v) is 6.61. The molecule has 0 radical (unpaired) electrons. The van der Waals surface area contributed by atoms with Gasteiger partial charge in [-0.15, -0.1) is 0 Å². The van der Waals surface area contributed by atoms with Crippen molar-refractivity contribution >= 4 is 39.9 Å². The van der Waals surface area contributed by atoms with Gasteiger partial charge in [0.25, 0.3) is 0 Å². The van der Waals surface area contributed by atoms with Crippen molar-refractivity contribution in [3.63, 3.8) is 0 Å². The number of carbonyl (C=O) groups is 1. The molecule has 3 N–H and O–H groups in total. The van der Waals surface area contributed by atoms with Crippen LogP contribution >= 0.6 is 22.6 Å². The molecule has 0 saturated carbocycles. The second kappa shape index (κ2) is 5.55. The van der Waals surface area contributed by atoms with E-state index in [1.54, 1.807) is 24.0 Å². The van der Waals surface area contributed by atoms with Gasteiger partial charge in [0, 0.05) is 6.20 Å². The SMILES string of the molecule is CC(C(=O)Nc1ccc(F)cc1N)n1cc(I)cn1. The Labute approximate surface area is 123 Å². The number of nitrogens with two attached hydrogens (primary N) is 1.